The summed E-state index contributed by atoms with van der Waals surface area (Å²) in [7, 11) is 0. The van der Waals surface area contributed by atoms with E-state index < -0.39 is 6.04 Å². The molecule has 1 aromatic carbocycles. The summed E-state index contributed by atoms with van der Waals surface area (Å²) in [5, 5.41) is 6.38. The SMILES string of the molecule is CC(Nc1ccc(C(=O)Nc2cccc(Cl)c2)cn1)C(=O)N1CCOCC1. The third kappa shape index (κ3) is 5.18. The van der Waals surface area contributed by atoms with E-state index in [0.29, 0.717) is 48.4 Å². The molecule has 1 aliphatic heterocycles. The maximum absolute atomic E-state index is 12.4. The molecule has 7 nitrogen and oxygen atoms in total. The smallest absolute Gasteiger partial charge is 0.257 e. The minimum atomic E-state index is -0.415. The Labute approximate surface area is 162 Å². The maximum atomic E-state index is 12.4. The van der Waals surface area contributed by atoms with Crippen LogP contribution in [0.15, 0.2) is 42.6 Å². The second-order valence-electron chi connectivity index (χ2n) is 6.20. The van der Waals surface area contributed by atoms with Crippen LogP contribution in [0.5, 0.6) is 0 Å². The number of benzene rings is 1. The van der Waals surface area contributed by atoms with Gasteiger partial charge in [-0.15, -0.1) is 0 Å². The molecule has 2 amide bonds. The van der Waals surface area contributed by atoms with Crippen molar-refractivity contribution in [2.24, 2.45) is 0 Å². The number of ether oxygens (including phenoxy) is 1. The Morgan fingerprint density at radius 3 is 2.67 bits per heavy atom. The molecule has 0 bridgehead atoms. The molecular formula is C19H21ClN4O3. The summed E-state index contributed by atoms with van der Waals surface area (Å²) in [6, 6.07) is 9.83. The molecule has 1 saturated heterocycles. The van der Waals surface area contributed by atoms with Crippen molar-refractivity contribution in [1.82, 2.24) is 9.88 Å². The minimum Gasteiger partial charge on any atom is -0.378 e. The van der Waals surface area contributed by atoms with Gasteiger partial charge in [-0.05, 0) is 37.3 Å². The molecule has 3 rings (SSSR count). The Balaban J connectivity index is 1.57. The summed E-state index contributed by atoms with van der Waals surface area (Å²) < 4.78 is 5.26. The van der Waals surface area contributed by atoms with E-state index in [9.17, 15) is 9.59 Å². The van der Waals surface area contributed by atoms with Gasteiger partial charge in [0.2, 0.25) is 5.91 Å². The van der Waals surface area contributed by atoms with Gasteiger partial charge in [0.15, 0.2) is 0 Å². The second kappa shape index (κ2) is 8.83. The van der Waals surface area contributed by atoms with Crippen molar-refractivity contribution in [3.63, 3.8) is 0 Å². The Morgan fingerprint density at radius 2 is 2.00 bits per heavy atom. The first-order valence-corrected chi connectivity index (χ1v) is 9.07. The number of hydrogen-bond acceptors (Lipinski definition) is 5. The van der Waals surface area contributed by atoms with Crippen LogP contribution < -0.4 is 10.6 Å². The van der Waals surface area contributed by atoms with E-state index in [0.717, 1.165) is 0 Å². The van der Waals surface area contributed by atoms with Gasteiger partial charge in [-0.1, -0.05) is 17.7 Å². The van der Waals surface area contributed by atoms with Crippen LogP contribution in [0, 0.1) is 0 Å². The van der Waals surface area contributed by atoms with Crippen LogP contribution in [-0.4, -0.2) is 54.0 Å². The second-order valence-corrected chi connectivity index (χ2v) is 6.64. The van der Waals surface area contributed by atoms with Crippen LogP contribution in [0.4, 0.5) is 11.5 Å². The summed E-state index contributed by atoms with van der Waals surface area (Å²) >= 11 is 5.92. The molecular weight excluding hydrogens is 368 g/mol. The first-order valence-electron chi connectivity index (χ1n) is 8.69. The predicted molar refractivity (Wildman–Crippen MR) is 104 cm³/mol. The van der Waals surface area contributed by atoms with Crippen LogP contribution in [-0.2, 0) is 9.53 Å². The molecule has 0 aliphatic carbocycles. The van der Waals surface area contributed by atoms with Gasteiger partial charge in [0.1, 0.15) is 11.9 Å². The zero-order valence-corrected chi connectivity index (χ0v) is 15.7. The van der Waals surface area contributed by atoms with E-state index in [1.54, 1.807) is 48.2 Å². The lowest BCUT2D eigenvalue weighted by molar-refractivity contribution is -0.135. The Kier molecular flexibility index (Phi) is 6.26. The van der Waals surface area contributed by atoms with Crippen molar-refractivity contribution >= 4 is 34.9 Å². The molecule has 0 saturated carbocycles. The minimum absolute atomic E-state index is 0.00266. The van der Waals surface area contributed by atoms with Gasteiger partial charge in [0, 0.05) is 30.0 Å². The summed E-state index contributed by atoms with van der Waals surface area (Å²) in [4.78, 5) is 30.7. The number of rotatable bonds is 5. The largest absolute Gasteiger partial charge is 0.378 e. The Hall–Kier alpha value is -2.64. The number of carbonyl (C=O) groups excluding carboxylic acids is 2. The quantitative estimate of drug-likeness (QED) is 0.822. The highest BCUT2D eigenvalue weighted by Crippen LogP contribution is 2.16. The fourth-order valence-corrected chi connectivity index (χ4v) is 2.91. The number of anilines is 2. The summed E-state index contributed by atoms with van der Waals surface area (Å²) in [5.74, 6) is 0.250. The molecule has 1 aliphatic rings. The lowest BCUT2D eigenvalue weighted by Crippen LogP contribution is -2.47. The fourth-order valence-electron chi connectivity index (χ4n) is 2.72. The van der Waals surface area contributed by atoms with Crippen LogP contribution >= 0.6 is 11.6 Å². The average Bonchev–Trinajstić information content (AvgIpc) is 2.68. The van der Waals surface area contributed by atoms with E-state index in [4.69, 9.17) is 16.3 Å². The van der Waals surface area contributed by atoms with Crippen molar-refractivity contribution in [2.75, 3.05) is 36.9 Å². The predicted octanol–water partition coefficient (Wildman–Crippen LogP) is 2.65. The van der Waals surface area contributed by atoms with E-state index in [-0.39, 0.29) is 11.8 Å². The van der Waals surface area contributed by atoms with Gasteiger partial charge in [0.25, 0.3) is 5.91 Å². The van der Waals surface area contributed by atoms with E-state index >= 15 is 0 Å². The highest BCUT2D eigenvalue weighted by Gasteiger charge is 2.22. The third-order valence-corrected chi connectivity index (χ3v) is 4.40. The van der Waals surface area contributed by atoms with Crippen LogP contribution in [0.2, 0.25) is 5.02 Å². The van der Waals surface area contributed by atoms with Crippen LogP contribution in [0.3, 0.4) is 0 Å². The highest BCUT2D eigenvalue weighted by atomic mass is 35.5. The van der Waals surface area contributed by atoms with E-state index in [2.05, 4.69) is 15.6 Å². The van der Waals surface area contributed by atoms with Gasteiger partial charge in [-0.2, -0.15) is 0 Å². The van der Waals surface area contributed by atoms with Gasteiger partial charge < -0.3 is 20.3 Å². The maximum Gasteiger partial charge on any atom is 0.257 e. The summed E-state index contributed by atoms with van der Waals surface area (Å²) in [6.45, 7) is 4.11. The summed E-state index contributed by atoms with van der Waals surface area (Å²) in [5.41, 5.74) is 1.02. The number of nitrogens with one attached hydrogen (secondary N) is 2. The van der Waals surface area contributed by atoms with Crippen molar-refractivity contribution in [3.05, 3.63) is 53.2 Å². The zero-order valence-electron chi connectivity index (χ0n) is 14.9. The monoisotopic (exact) mass is 388 g/mol. The number of morpholine rings is 1. The molecule has 0 spiro atoms. The molecule has 2 aromatic rings. The standard InChI is InChI=1S/C19H21ClN4O3/c1-13(19(26)24-7-9-27-10-8-24)22-17-6-5-14(12-21-17)18(25)23-16-4-2-3-15(20)11-16/h2-6,11-13H,7-10H2,1H3,(H,21,22)(H,23,25). The number of carbonyl (C=O) groups is 2. The fraction of sp³-hybridized carbons (Fsp3) is 0.316. The Bertz CT molecular complexity index is 807. The Morgan fingerprint density at radius 1 is 1.22 bits per heavy atom. The number of aromatic nitrogens is 1. The van der Waals surface area contributed by atoms with Crippen molar-refractivity contribution in [3.8, 4) is 0 Å². The zero-order chi connectivity index (χ0) is 19.2. The first kappa shape index (κ1) is 19.1. The van der Waals surface area contributed by atoms with Crippen molar-refractivity contribution in [1.29, 1.82) is 0 Å². The van der Waals surface area contributed by atoms with Gasteiger partial charge in [0.05, 0.1) is 18.8 Å². The van der Waals surface area contributed by atoms with E-state index in [1.165, 1.54) is 6.20 Å². The van der Waals surface area contributed by atoms with Crippen molar-refractivity contribution < 1.29 is 14.3 Å². The molecule has 1 aromatic heterocycles. The lowest BCUT2D eigenvalue weighted by atomic mass is 10.2. The number of pyridine rings is 1. The molecule has 1 atom stereocenters. The summed E-state index contributed by atoms with van der Waals surface area (Å²) in [6.07, 6.45) is 1.47. The van der Waals surface area contributed by atoms with Gasteiger partial charge in [-0.25, -0.2) is 4.98 Å². The molecule has 1 fully saturated rings. The number of amides is 2. The number of hydrogen-bond donors (Lipinski definition) is 2. The first-order chi connectivity index (χ1) is 13.0. The van der Waals surface area contributed by atoms with Gasteiger partial charge in [-0.3, -0.25) is 9.59 Å². The third-order valence-electron chi connectivity index (χ3n) is 4.17. The molecule has 8 heteroatoms. The topological polar surface area (TPSA) is 83.6 Å². The molecule has 2 heterocycles. The molecule has 2 N–H and O–H groups in total. The number of nitrogens with zero attached hydrogens (tertiary/aromatic N) is 2. The highest BCUT2D eigenvalue weighted by molar-refractivity contribution is 6.30. The molecule has 1 unspecified atom stereocenters. The van der Waals surface area contributed by atoms with Crippen LogP contribution in [0.1, 0.15) is 17.3 Å². The normalized spacial score (nSPS) is 15.1. The number of halogens is 1. The lowest BCUT2D eigenvalue weighted by Gasteiger charge is -2.29. The molecule has 0 radical (unpaired) electrons. The van der Waals surface area contributed by atoms with E-state index in [1.807, 2.05) is 0 Å². The van der Waals surface area contributed by atoms with Crippen molar-refractivity contribution in [2.45, 2.75) is 13.0 Å². The van der Waals surface area contributed by atoms with Crippen LogP contribution in [0.25, 0.3) is 0 Å². The van der Waals surface area contributed by atoms with Gasteiger partial charge >= 0.3 is 0 Å². The molecule has 142 valence electrons. The average molecular weight is 389 g/mol. The molecule has 27 heavy (non-hydrogen) atoms.